The Kier molecular flexibility index (Phi) is 4.55. The molecule has 0 radical (unpaired) electrons. The van der Waals surface area contributed by atoms with E-state index in [1.165, 1.54) is 5.69 Å². The summed E-state index contributed by atoms with van der Waals surface area (Å²) in [7, 11) is 0. The van der Waals surface area contributed by atoms with Crippen molar-refractivity contribution in [3.8, 4) is 0 Å². The molecular formula is C17H16Cl2N2O. The zero-order valence-corrected chi connectivity index (χ0v) is 13.5. The number of carbonyl (C=O) groups excluding carboxylic acids is 1. The largest absolute Gasteiger partial charge is 0.368 e. The monoisotopic (exact) mass is 334 g/mol. The fraction of sp³-hybridized carbons (Fsp3) is 0.235. The van der Waals surface area contributed by atoms with Crippen LogP contribution < -0.4 is 4.90 Å². The minimum atomic E-state index is -0.0554. The number of benzene rings is 2. The maximum atomic E-state index is 12.6. The van der Waals surface area contributed by atoms with Gasteiger partial charge in [0.2, 0.25) is 0 Å². The molecule has 3 rings (SSSR count). The lowest BCUT2D eigenvalue weighted by Gasteiger charge is -2.36. The predicted octanol–water partition coefficient (Wildman–Crippen LogP) is 3.96. The van der Waals surface area contributed by atoms with Gasteiger partial charge in [0.15, 0.2) is 0 Å². The summed E-state index contributed by atoms with van der Waals surface area (Å²) < 4.78 is 0. The molecule has 1 aliphatic rings. The molecule has 114 valence electrons. The average Bonchev–Trinajstić information content (AvgIpc) is 2.58. The highest BCUT2D eigenvalue weighted by atomic mass is 35.5. The third-order valence-electron chi connectivity index (χ3n) is 3.87. The first kappa shape index (κ1) is 15.2. The SMILES string of the molecule is O=C(c1cccc(Cl)c1Cl)N1CCN(c2ccccc2)CC1. The summed E-state index contributed by atoms with van der Waals surface area (Å²) in [5.41, 5.74) is 1.66. The third-order valence-corrected chi connectivity index (χ3v) is 4.69. The minimum absolute atomic E-state index is 0.0554. The van der Waals surface area contributed by atoms with Crippen LogP contribution in [0, 0.1) is 0 Å². The number of para-hydroxylation sites is 1. The molecule has 1 fully saturated rings. The van der Waals surface area contributed by atoms with Gasteiger partial charge in [0.25, 0.3) is 5.91 Å². The van der Waals surface area contributed by atoms with Crippen LogP contribution in [0.4, 0.5) is 5.69 Å². The highest BCUT2D eigenvalue weighted by molar-refractivity contribution is 6.43. The second kappa shape index (κ2) is 6.59. The number of piperazine rings is 1. The molecular weight excluding hydrogens is 319 g/mol. The van der Waals surface area contributed by atoms with E-state index in [0.717, 1.165) is 13.1 Å². The normalized spacial score (nSPS) is 15.0. The lowest BCUT2D eigenvalue weighted by atomic mass is 10.1. The molecule has 1 amide bonds. The van der Waals surface area contributed by atoms with Crippen molar-refractivity contribution in [1.82, 2.24) is 4.90 Å². The zero-order chi connectivity index (χ0) is 15.5. The van der Waals surface area contributed by atoms with Crippen LogP contribution in [-0.4, -0.2) is 37.0 Å². The quantitative estimate of drug-likeness (QED) is 0.829. The molecule has 0 atom stereocenters. The number of hydrogen-bond acceptors (Lipinski definition) is 2. The molecule has 2 aromatic carbocycles. The summed E-state index contributed by atoms with van der Waals surface area (Å²) in [4.78, 5) is 16.7. The molecule has 22 heavy (non-hydrogen) atoms. The van der Waals surface area contributed by atoms with Crippen molar-refractivity contribution in [1.29, 1.82) is 0 Å². The fourth-order valence-electron chi connectivity index (χ4n) is 2.65. The van der Waals surface area contributed by atoms with Crippen LogP contribution in [0.15, 0.2) is 48.5 Å². The Bertz CT molecular complexity index is 668. The number of rotatable bonds is 2. The fourth-order valence-corrected chi connectivity index (χ4v) is 3.03. The summed E-state index contributed by atoms with van der Waals surface area (Å²) in [5.74, 6) is -0.0554. The number of anilines is 1. The molecule has 0 aromatic heterocycles. The van der Waals surface area contributed by atoms with Crippen molar-refractivity contribution in [3.63, 3.8) is 0 Å². The van der Waals surface area contributed by atoms with Gasteiger partial charge in [-0.3, -0.25) is 4.79 Å². The Morgan fingerprint density at radius 2 is 1.55 bits per heavy atom. The highest BCUT2D eigenvalue weighted by Crippen LogP contribution is 2.27. The minimum Gasteiger partial charge on any atom is -0.368 e. The number of nitrogens with zero attached hydrogens (tertiary/aromatic N) is 2. The van der Waals surface area contributed by atoms with Gasteiger partial charge in [0, 0.05) is 31.9 Å². The van der Waals surface area contributed by atoms with Gasteiger partial charge in [-0.05, 0) is 24.3 Å². The summed E-state index contributed by atoms with van der Waals surface area (Å²) in [5, 5.41) is 0.745. The van der Waals surface area contributed by atoms with Crippen LogP contribution in [0.3, 0.4) is 0 Å². The standard InChI is InChI=1S/C17H16Cl2N2O/c18-15-8-4-7-14(16(15)19)17(22)21-11-9-20(10-12-21)13-5-2-1-3-6-13/h1-8H,9-12H2. The van der Waals surface area contributed by atoms with E-state index in [1.807, 2.05) is 23.1 Å². The van der Waals surface area contributed by atoms with Crippen LogP contribution in [0.5, 0.6) is 0 Å². The number of amides is 1. The average molecular weight is 335 g/mol. The van der Waals surface area contributed by atoms with E-state index in [2.05, 4.69) is 17.0 Å². The first-order valence-electron chi connectivity index (χ1n) is 7.20. The molecule has 0 spiro atoms. The van der Waals surface area contributed by atoms with Crippen LogP contribution >= 0.6 is 23.2 Å². The zero-order valence-electron chi connectivity index (χ0n) is 12.0. The Morgan fingerprint density at radius 1 is 0.864 bits per heavy atom. The molecule has 0 unspecified atom stereocenters. The first-order chi connectivity index (χ1) is 10.7. The van der Waals surface area contributed by atoms with Crippen molar-refractivity contribution in [3.05, 3.63) is 64.1 Å². The van der Waals surface area contributed by atoms with Gasteiger partial charge in [0.05, 0.1) is 15.6 Å². The second-order valence-corrected chi connectivity index (χ2v) is 6.00. The van der Waals surface area contributed by atoms with Crippen LogP contribution in [0.2, 0.25) is 10.0 Å². The molecule has 1 aliphatic heterocycles. The van der Waals surface area contributed by atoms with E-state index in [1.54, 1.807) is 18.2 Å². The molecule has 0 bridgehead atoms. The molecule has 1 heterocycles. The first-order valence-corrected chi connectivity index (χ1v) is 7.95. The van der Waals surface area contributed by atoms with E-state index in [0.29, 0.717) is 28.7 Å². The molecule has 0 aliphatic carbocycles. The number of hydrogen-bond donors (Lipinski definition) is 0. The maximum absolute atomic E-state index is 12.6. The van der Waals surface area contributed by atoms with Crippen molar-refractivity contribution in [2.45, 2.75) is 0 Å². The van der Waals surface area contributed by atoms with Gasteiger partial charge in [-0.1, -0.05) is 47.5 Å². The molecule has 1 saturated heterocycles. The Balaban J connectivity index is 1.69. The van der Waals surface area contributed by atoms with Gasteiger partial charge in [-0.25, -0.2) is 0 Å². The molecule has 3 nitrogen and oxygen atoms in total. The van der Waals surface area contributed by atoms with Gasteiger partial charge < -0.3 is 9.80 Å². The van der Waals surface area contributed by atoms with E-state index in [9.17, 15) is 4.79 Å². The third kappa shape index (κ3) is 3.06. The lowest BCUT2D eigenvalue weighted by molar-refractivity contribution is 0.0747. The molecule has 5 heteroatoms. The maximum Gasteiger partial charge on any atom is 0.255 e. The van der Waals surface area contributed by atoms with E-state index < -0.39 is 0 Å². The smallest absolute Gasteiger partial charge is 0.255 e. The van der Waals surface area contributed by atoms with Gasteiger partial charge >= 0.3 is 0 Å². The van der Waals surface area contributed by atoms with Crippen molar-refractivity contribution in [2.24, 2.45) is 0 Å². The van der Waals surface area contributed by atoms with Crippen molar-refractivity contribution < 1.29 is 4.79 Å². The second-order valence-electron chi connectivity index (χ2n) is 5.22. The summed E-state index contributed by atoms with van der Waals surface area (Å²) >= 11 is 12.1. The molecule has 0 saturated carbocycles. The topological polar surface area (TPSA) is 23.6 Å². The summed E-state index contributed by atoms with van der Waals surface area (Å²) in [6.45, 7) is 2.98. The van der Waals surface area contributed by atoms with Crippen LogP contribution in [-0.2, 0) is 0 Å². The van der Waals surface area contributed by atoms with E-state index >= 15 is 0 Å². The van der Waals surface area contributed by atoms with Gasteiger partial charge in [0.1, 0.15) is 0 Å². The van der Waals surface area contributed by atoms with E-state index in [-0.39, 0.29) is 5.91 Å². The Morgan fingerprint density at radius 3 is 2.23 bits per heavy atom. The lowest BCUT2D eigenvalue weighted by Crippen LogP contribution is -2.48. The van der Waals surface area contributed by atoms with Crippen molar-refractivity contribution >= 4 is 34.8 Å². The van der Waals surface area contributed by atoms with Gasteiger partial charge in [-0.15, -0.1) is 0 Å². The number of halogens is 2. The summed E-state index contributed by atoms with van der Waals surface area (Å²) in [6, 6.07) is 15.4. The highest BCUT2D eigenvalue weighted by Gasteiger charge is 2.24. The van der Waals surface area contributed by atoms with Crippen LogP contribution in [0.25, 0.3) is 0 Å². The van der Waals surface area contributed by atoms with Crippen LogP contribution in [0.1, 0.15) is 10.4 Å². The predicted molar refractivity (Wildman–Crippen MR) is 91.0 cm³/mol. The summed E-state index contributed by atoms with van der Waals surface area (Å²) in [6.07, 6.45) is 0. The number of carbonyl (C=O) groups is 1. The van der Waals surface area contributed by atoms with Gasteiger partial charge in [-0.2, -0.15) is 0 Å². The molecule has 0 N–H and O–H groups in total. The molecule has 2 aromatic rings. The Labute approximate surface area is 140 Å². The van der Waals surface area contributed by atoms with E-state index in [4.69, 9.17) is 23.2 Å². The van der Waals surface area contributed by atoms with Crippen molar-refractivity contribution in [2.75, 3.05) is 31.1 Å². The Hall–Kier alpha value is -1.71.